The first-order valence-corrected chi connectivity index (χ1v) is 7.97. The van der Waals surface area contributed by atoms with Crippen LogP contribution in [-0.4, -0.2) is 46.7 Å². The first kappa shape index (κ1) is 16.4. The highest BCUT2D eigenvalue weighted by Gasteiger charge is 2.16. The number of nitrogens with two attached hydrogens (primary N) is 1. The smallest absolute Gasteiger partial charge is 0.245 e. The van der Waals surface area contributed by atoms with Crippen molar-refractivity contribution in [2.24, 2.45) is 5.73 Å². The Morgan fingerprint density at radius 1 is 1.38 bits per heavy atom. The van der Waals surface area contributed by atoms with Crippen molar-refractivity contribution in [3.63, 3.8) is 0 Å². The van der Waals surface area contributed by atoms with Crippen molar-refractivity contribution in [1.82, 2.24) is 14.5 Å². The number of carbonyl (C=O) groups is 1. The molecule has 1 aliphatic heterocycles. The molecule has 0 saturated carbocycles. The molecule has 0 aromatic carbocycles. The van der Waals surface area contributed by atoms with Crippen LogP contribution >= 0.6 is 0 Å². The molecular formula is C16H22N6O2. The number of nitrogens with one attached hydrogen (secondary N) is 1. The molecule has 0 aliphatic carbocycles. The maximum atomic E-state index is 12.2. The first-order valence-electron chi connectivity index (χ1n) is 7.97. The average Bonchev–Trinajstić information content (AvgIpc) is 2.97. The molecule has 8 nitrogen and oxygen atoms in total. The van der Waals surface area contributed by atoms with Gasteiger partial charge < -0.3 is 25.3 Å². The molecule has 3 rings (SSSR count). The normalized spacial score (nSPS) is 14.7. The zero-order chi connectivity index (χ0) is 16.9. The Morgan fingerprint density at radius 3 is 2.83 bits per heavy atom. The molecule has 1 saturated heterocycles. The van der Waals surface area contributed by atoms with E-state index in [4.69, 9.17) is 10.5 Å². The number of rotatable bonds is 5. The van der Waals surface area contributed by atoms with Crippen LogP contribution in [0.4, 0.5) is 11.6 Å². The molecule has 128 valence electrons. The van der Waals surface area contributed by atoms with Gasteiger partial charge in [-0.05, 0) is 18.6 Å². The Bertz CT molecular complexity index is 691. The minimum Gasteiger partial charge on any atom is -0.378 e. The standard InChI is InChI=1S/C16H22N6O2/c1-12-19-15(21-4-6-24-7-5-21)10-22(12)11-16(23)20-14-3-2-13(8-17)9-18-14/h2-3,9-10H,4-8,11,17H2,1H3,(H,18,20,23). The van der Waals surface area contributed by atoms with E-state index >= 15 is 0 Å². The van der Waals surface area contributed by atoms with E-state index in [-0.39, 0.29) is 12.5 Å². The van der Waals surface area contributed by atoms with Gasteiger partial charge in [0.05, 0.1) is 13.2 Å². The second-order valence-electron chi connectivity index (χ2n) is 5.68. The highest BCUT2D eigenvalue weighted by Crippen LogP contribution is 2.15. The lowest BCUT2D eigenvalue weighted by Gasteiger charge is -2.26. The average molecular weight is 330 g/mol. The summed E-state index contributed by atoms with van der Waals surface area (Å²) in [5, 5.41) is 2.78. The predicted molar refractivity (Wildman–Crippen MR) is 90.8 cm³/mol. The lowest BCUT2D eigenvalue weighted by molar-refractivity contribution is -0.116. The molecule has 1 amide bonds. The molecular weight excluding hydrogens is 308 g/mol. The third-order valence-electron chi connectivity index (χ3n) is 3.94. The van der Waals surface area contributed by atoms with E-state index in [1.54, 1.807) is 12.3 Å². The van der Waals surface area contributed by atoms with Gasteiger partial charge in [0.15, 0.2) is 0 Å². The van der Waals surface area contributed by atoms with Crippen molar-refractivity contribution in [2.45, 2.75) is 20.0 Å². The van der Waals surface area contributed by atoms with Crippen LogP contribution in [0, 0.1) is 6.92 Å². The molecule has 3 heterocycles. The Morgan fingerprint density at radius 2 is 2.17 bits per heavy atom. The molecule has 2 aromatic rings. The van der Waals surface area contributed by atoms with Crippen molar-refractivity contribution in [3.05, 3.63) is 35.9 Å². The van der Waals surface area contributed by atoms with Gasteiger partial charge in [-0.15, -0.1) is 0 Å². The number of hydrogen-bond donors (Lipinski definition) is 2. The third kappa shape index (κ3) is 3.90. The fourth-order valence-corrected chi connectivity index (χ4v) is 2.55. The number of amides is 1. The first-order chi connectivity index (χ1) is 11.7. The van der Waals surface area contributed by atoms with Crippen LogP contribution in [0.1, 0.15) is 11.4 Å². The number of ether oxygens (including phenoxy) is 1. The number of anilines is 2. The molecule has 0 atom stereocenters. The van der Waals surface area contributed by atoms with Gasteiger partial charge >= 0.3 is 0 Å². The van der Waals surface area contributed by atoms with Crippen molar-refractivity contribution in [3.8, 4) is 0 Å². The third-order valence-corrected chi connectivity index (χ3v) is 3.94. The number of aryl methyl sites for hydroxylation is 1. The molecule has 1 fully saturated rings. The number of morpholine rings is 1. The lowest BCUT2D eigenvalue weighted by atomic mass is 10.3. The quantitative estimate of drug-likeness (QED) is 0.829. The summed E-state index contributed by atoms with van der Waals surface area (Å²) >= 11 is 0. The molecule has 3 N–H and O–H groups in total. The Kier molecular flexibility index (Phi) is 5.07. The summed E-state index contributed by atoms with van der Waals surface area (Å²) in [6, 6.07) is 3.60. The van der Waals surface area contributed by atoms with Crippen molar-refractivity contribution in [2.75, 3.05) is 36.5 Å². The molecule has 0 radical (unpaired) electrons. The van der Waals surface area contributed by atoms with Gasteiger partial charge in [-0.3, -0.25) is 4.79 Å². The van der Waals surface area contributed by atoms with Crippen LogP contribution < -0.4 is 16.0 Å². The van der Waals surface area contributed by atoms with E-state index in [1.807, 2.05) is 23.8 Å². The van der Waals surface area contributed by atoms with E-state index in [1.165, 1.54) is 0 Å². The molecule has 1 aliphatic rings. The number of imidazole rings is 1. The Balaban J connectivity index is 1.62. The summed E-state index contributed by atoms with van der Waals surface area (Å²) in [6.07, 6.45) is 3.57. The van der Waals surface area contributed by atoms with Crippen LogP contribution in [0.5, 0.6) is 0 Å². The summed E-state index contributed by atoms with van der Waals surface area (Å²) in [7, 11) is 0. The minimum atomic E-state index is -0.142. The zero-order valence-electron chi connectivity index (χ0n) is 13.7. The second-order valence-corrected chi connectivity index (χ2v) is 5.68. The summed E-state index contributed by atoms with van der Waals surface area (Å²) in [6.45, 7) is 5.57. The number of hydrogen-bond acceptors (Lipinski definition) is 6. The van der Waals surface area contributed by atoms with Gasteiger partial charge in [-0.2, -0.15) is 0 Å². The molecule has 24 heavy (non-hydrogen) atoms. The lowest BCUT2D eigenvalue weighted by Crippen LogP contribution is -2.36. The predicted octanol–water partition coefficient (Wildman–Crippen LogP) is 0.521. The van der Waals surface area contributed by atoms with E-state index in [9.17, 15) is 4.79 Å². The minimum absolute atomic E-state index is 0.142. The fourth-order valence-electron chi connectivity index (χ4n) is 2.55. The number of nitrogens with zero attached hydrogens (tertiary/aromatic N) is 4. The summed E-state index contributed by atoms with van der Waals surface area (Å²) in [5.74, 6) is 2.06. The van der Waals surface area contributed by atoms with E-state index in [0.29, 0.717) is 25.6 Å². The highest BCUT2D eigenvalue weighted by molar-refractivity contribution is 5.89. The molecule has 0 spiro atoms. The monoisotopic (exact) mass is 330 g/mol. The van der Waals surface area contributed by atoms with Crippen LogP contribution in [0.25, 0.3) is 0 Å². The topological polar surface area (TPSA) is 98.3 Å². The van der Waals surface area contributed by atoms with Crippen molar-refractivity contribution in [1.29, 1.82) is 0 Å². The number of carbonyl (C=O) groups excluding carboxylic acids is 1. The van der Waals surface area contributed by atoms with E-state index < -0.39 is 0 Å². The molecule has 0 unspecified atom stereocenters. The summed E-state index contributed by atoms with van der Waals surface area (Å²) in [4.78, 5) is 23.1. The fraction of sp³-hybridized carbons (Fsp3) is 0.438. The van der Waals surface area contributed by atoms with Crippen molar-refractivity contribution >= 4 is 17.5 Å². The molecule has 8 heteroatoms. The largest absolute Gasteiger partial charge is 0.378 e. The van der Waals surface area contributed by atoms with Crippen molar-refractivity contribution < 1.29 is 9.53 Å². The summed E-state index contributed by atoms with van der Waals surface area (Å²) < 4.78 is 7.19. The van der Waals surface area contributed by atoms with Gasteiger partial charge in [0.1, 0.15) is 24.0 Å². The Labute approximate surface area is 140 Å². The summed E-state index contributed by atoms with van der Waals surface area (Å²) in [5.41, 5.74) is 6.46. The molecule has 2 aromatic heterocycles. The van der Waals surface area contributed by atoms with Gasteiger partial charge in [0.2, 0.25) is 5.91 Å². The second kappa shape index (κ2) is 7.41. The van der Waals surface area contributed by atoms with Gasteiger partial charge in [0.25, 0.3) is 0 Å². The van der Waals surface area contributed by atoms with Crippen LogP contribution in [0.3, 0.4) is 0 Å². The van der Waals surface area contributed by atoms with Crippen LogP contribution in [-0.2, 0) is 22.6 Å². The zero-order valence-corrected chi connectivity index (χ0v) is 13.7. The van der Waals surface area contributed by atoms with Gasteiger partial charge in [-0.1, -0.05) is 6.07 Å². The number of aromatic nitrogens is 3. The maximum absolute atomic E-state index is 12.2. The Hall–Kier alpha value is -2.45. The van der Waals surface area contributed by atoms with E-state index in [0.717, 1.165) is 30.3 Å². The van der Waals surface area contributed by atoms with E-state index in [2.05, 4.69) is 20.2 Å². The maximum Gasteiger partial charge on any atom is 0.245 e. The SMILES string of the molecule is Cc1nc(N2CCOCC2)cn1CC(=O)Nc1ccc(CN)cn1. The van der Waals surface area contributed by atoms with Gasteiger partial charge in [-0.25, -0.2) is 9.97 Å². The van der Waals surface area contributed by atoms with Gasteiger partial charge in [0, 0.05) is 32.0 Å². The number of pyridine rings is 1. The molecule has 0 bridgehead atoms. The van der Waals surface area contributed by atoms with Crippen LogP contribution in [0.15, 0.2) is 24.5 Å². The highest BCUT2D eigenvalue weighted by atomic mass is 16.5. The van der Waals surface area contributed by atoms with Crippen LogP contribution in [0.2, 0.25) is 0 Å².